The molecule has 0 fully saturated rings. The summed E-state index contributed by atoms with van der Waals surface area (Å²) in [7, 11) is 0. The van der Waals surface area contributed by atoms with Crippen molar-refractivity contribution in [3.8, 4) is 0 Å². The number of H-pyrrole nitrogens is 1. The molecule has 96 valence electrons. The van der Waals surface area contributed by atoms with Crippen LogP contribution in [0.1, 0.15) is 10.4 Å². The second kappa shape index (κ2) is 3.79. The lowest BCUT2D eigenvalue weighted by atomic mass is 10.1. The van der Waals surface area contributed by atoms with Gasteiger partial charge in [0.1, 0.15) is 16.3 Å². The Morgan fingerprint density at radius 3 is 2.74 bits per heavy atom. The summed E-state index contributed by atoms with van der Waals surface area (Å²) < 4.78 is 32.0. The van der Waals surface area contributed by atoms with Crippen LogP contribution < -0.4 is 16.1 Å². The number of rotatable bonds is 1. The number of hydrogen-bond acceptors (Lipinski definition) is 3. The van der Waals surface area contributed by atoms with E-state index in [0.29, 0.717) is 0 Å². The van der Waals surface area contributed by atoms with E-state index in [1.54, 1.807) is 0 Å². The van der Waals surface area contributed by atoms with E-state index in [1.807, 2.05) is 0 Å². The van der Waals surface area contributed by atoms with Crippen LogP contribution in [0.15, 0.2) is 25.9 Å². The van der Waals surface area contributed by atoms with Crippen molar-refractivity contribution in [2.45, 2.75) is 0 Å². The fraction of sp³-hybridized carbons (Fsp3) is 0. The number of aromatic amines is 1. The molecular formula is C10H4FN3O4S. The molecule has 19 heavy (non-hydrogen) atoms. The SMILES string of the molecule is O=C(O)c1c[nH]c2c3c(c(F)cc2c1=O)=NS(=O)N=3. The predicted octanol–water partition coefficient (Wildman–Crippen LogP) is -0.803. The number of carboxylic acid groups (broad SMARTS) is 1. The number of benzene rings is 1. The minimum Gasteiger partial charge on any atom is -0.477 e. The van der Waals surface area contributed by atoms with Crippen LogP contribution in [0.5, 0.6) is 0 Å². The third kappa shape index (κ3) is 1.58. The largest absolute Gasteiger partial charge is 0.477 e. The molecule has 1 aliphatic rings. The van der Waals surface area contributed by atoms with Gasteiger partial charge < -0.3 is 10.1 Å². The zero-order valence-electron chi connectivity index (χ0n) is 9.01. The topological polar surface area (TPSA) is 112 Å². The van der Waals surface area contributed by atoms with Crippen LogP contribution in [0, 0.1) is 5.82 Å². The maximum absolute atomic E-state index is 13.7. The summed E-state index contributed by atoms with van der Waals surface area (Å²) in [6, 6.07) is 0.862. The molecule has 0 spiro atoms. The minimum absolute atomic E-state index is 0.0395. The second-order valence-corrected chi connectivity index (χ2v) is 4.55. The monoisotopic (exact) mass is 281 g/mol. The maximum Gasteiger partial charge on any atom is 0.341 e. The van der Waals surface area contributed by atoms with E-state index >= 15 is 0 Å². The molecule has 2 heterocycles. The minimum atomic E-state index is -1.93. The molecule has 1 aromatic heterocycles. The van der Waals surface area contributed by atoms with Gasteiger partial charge in [-0.15, -0.1) is 0 Å². The van der Waals surface area contributed by atoms with E-state index in [9.17, 15) is 18.2 Å². The van der Waals surface area contributed by atoms with E-state index in [0.717, 1.165) is 12.3 Å². The van der Waals surface area contributed by atoms with Crippen molar-refractivity contribution in [2.75, 3.05) is 0 Å². The molecule has 1 unspecified atom stereocenters. The number of halogens is 1. The maximum atomic E-state index is 13.7. The summed E-state index contributed by atoms with van der Waals surface area (Å²) in [6.07, 6.45) is 0.988. The van der Waals surface area contributed by atoms with Gasteiger partial charge in [0.05, 0.1) is 10.9 Å². The number of aromatic nitrogens is 1. The molecule has 3 rings (SSSR count). The van der Waals surface area contributed by atoms with Gasteiger partial charge in [-0.2, -0.15) is 8.80 Å². The number of carboxylic acids is 1. The molecule has 2 N–H and O–H groups in total. The van der Waals surface area contributed by atoms with Crippen molar-refractivity contribution in [3.63, 3.8) is 0 Å². The molecule has 0 aliphatic carbocycles. The Bertz CT molecular complexity index is 950. The van der Waals surface area contributed by atoms with Crippen LogP contribution in [0.3, 0.4) is 0 Å². The molecular weight excluding hydrogens is 277 g/mol. The number of hydrogen-bond donors (Lipinski definition) is 2. The summed E-state index contributed by atoms with van der Waals surface area (Å²) in [5.74, 6) is -2.29. The van der Waals surface area contributed by atoms with Gasteiger partial charge >= 0.3 is 5.97 Å². The molecule has 1 atom stereocenters. The Kier molecular flexibility index (Phi) is 2.32. The number of carbonyl (C=O) groups is 1. The van der Waals surface area contributed by atoms with E-state index in [4.69, 9.17) is 5.11 Å². The Morgan fingerprint density at radius 2 is 2.05 bits per heavy atom. The number of aromatic carboxylic acids is 1. The first-order valence-corrected chi connectivity index (χ1v) is 6.02. The van der Waals surface area contributed by atoms with E-state index in [2.05, 4.69) is 13.8 Å². The summed E-state index contributed by atoms with van der Waals surface area (Å²) >= 11 is -1.93. The third-order valence-electron chi connectivity index (χ3n) is 2.65. The Morgan fingerprint density at radius 1 is 1.37 bits per heavy atom. The first kappa shape index (κ1) is 11.7. The predicted molar refractivity (Wildman–Crippen MR) is 61.9 cm³/mol. The van der Waals surface area contributed by atoms with Gasteiger partial charge in [0.15, 0.2) is 5.82 Å². The van der Waals surface area contributed by atoms with Gasteiger partial charge in [-0.05, 0) is 6.07 Å². The molecule has 0 saturated heterocycles. The molecule has 0 radical (unpaired) electrons. The van der Waals surface area contributed by atoms with Crippen molar-refractivity contribution in [1.82, 2.24) is 4.98 Å². The van der Waals surface area contributed by atoms with Crippen molar-refractivity contribution < 1.29 is 18.5 Å². The third-order valence-corrected chi connectivity index (χ3v) is 3.32. The van der Waals surface area contributed by atoms with Crippen molar-refractivity contribution in [1.29, 1.82) is 0 Å². The Hall–Kier alpha value is -2.42. The summed E-state index contributed by atoms with van der Waals surface area (Å²) in [5.41, 5.74) is -1.24. The van der Waals surface area contributed by atoms with Gasteiger partial charge in [-0.25, -0.2) is 13.4 Å². The van der Waals surface area contributed by atoms with E-state index in [-0.39, 0.29) is 21.6 Å². The van der Waals surface area contributed by atoms with Gasteiger partial charge in [0.2, 0.25) is 5.43 Å². The van der Waals surface area contributed by atoms with Gasteiger partial charge in [0.25, 0.3) is 11.2 Å². The highest BCUT2D eigenvalue weighted by atomic mass is 32.2. The summed E-state index contributed by atoms with van der Waals surface area (Å²) in [6.45, 7) is 0. The zero-order valence-corrected chi connectivity index (χ0v) is 9.82. The molecule has 9 heteroatoms. The highest BCUT2D eigenvalue weighted by molar-refractivity contribution is 7.82. The zero-order chi connectivity index (χ0) is 13.7. The lowest BCUT2D eigenvalue weighted by Crippen LogP contribution is -2.29. The molecule has 2 aromatic rings. The summed E-state index contributed by atoms with van der Waals surface area (Å²) in [5, 5.41) is 8.41. The van der Waals surface area contributed by atoms with Crippen molar-refractivity contribution in [2.24, 2.45) is 8.80 Å². The van der Waals surface area contributed by atoms with Crippen LogP contribution in [-0.2, 0) is 11.2 Å². The average Bonchev–Trinajstić information content (AvgIpc) is 2.73. The van der Waals surface area contributed by atoms with E-state index in [1.165, 1.54) is 0 Å². The van der Waals surface area contributed by atoms with Gasteiger partial charge in [0, 0.05) is 6.20 Å². The number of fused-ring (bicyclic) bond motifs is 3. The highest BCUT2D eigenvalue weighted by Gasteiger charge is 2.18. The first-order chi connectivity index (χ1) is 8.99. The smallest absolute Gasteiger partial charge is 0.341 e. The fourth-order valence-electron chi connectivity index (χ4n) is 1.82. The lowest BCUT2D eigenvalue weighted by Gasteiger charge is -1.99. The van der Waals surface area contributed by atoms with Gasteiger partial charge in [-0.1, -0.05) is 0 Å². The first-order valence-electron chi connectivity index (χ1n) is 4.95. The molecule has 7 nitrogen and oxygen atoms in total. The highest BCUT2D eigenvalue weighted by Crippen LogP contribution is 2.06. The summed E-state index contributed by atoms with van der Waals surface area (Å²) in [4.78, 5) is 25.3. The van der Waals surface area contributed by atoms with Crippen LogP contribution in [0.4, 0.5) is 4.39 Å². The fourth-order valence-corrected chi connectivity index (χ4v) is 2.52. The van der Waals surface area contributed by atoms with Gasteiger partial charge in [-0.3, -0.25) is 4.79 Å². The average molecular weight is 281 g/mol. The number of pyridine rings is 1. The number of nitrogens with one attached hydrogen (secondary N) is 1. The van der Waals surface area contributed by atoms with Crippen LogP contribution in [0.2, 0.25) is 0 Å². The number of nitrogens with zero attached hydrogens (tertiary/aromatic N) is 2. The van der Waals surface area contributed by atoms with Crippen LogP contribution in [-0.4, -0.2) is 20.3 Å². The van der Waals surface area contributed by atoms with Crippen LogP contribution >= 0.6 is 0 Å². The molecule has 1 aromatic carbocycles. The Balaban J connectivity index is 2.59. The Labute approximate surface area is 105 Å². The normalized spacial score (nSPS) is 16.8. The second-order valence-electron chi connectivity index (χ2n) is 3.73. The van der Waals surface area contributed by atoms with Crippen molar-refractivity contribution in [3.05, 3.63) is 44.6 Å². The molecule has 0 amide bonds. The van der Waals surface area contributed by atoms with Crippen molar-refractivity contribution >= 4 is 28.0 Å². The standard InChI is InChI=1S/C10H4FN3O4S/c11-5-1-3-6(8-7(5)13-19(18)14-8)12-2-4(9(3)15)10(16)17/h1-2H,(H,12,15)(H,16,17). The molecule has 0 bridgehead atoms. The molecule has 1 aliphatic heterocycles. The lowest BCUT2D eigenvalue weighted by molar-refractivity contribution is 0.0695. The van der Waals surface area contributed by atoms with E-state index < -0.39 is 34.0 Å². The quantitative estimate of drug-likeness (QED) is 0.712. The van der Waals surface area contributed by atoms with Crippen LogP contribution in [0.25, 0.3) is 10.9 Å². The molecule has 0 saturated carbocycles.